The Kier molecular flexibility index (Phi) is 5.19. The highest BCUT2D eigenvalue weighted by Crippen LogP contribution is 2.32. The molecular weight excluding hydrogens is 205 g/mol. The molecule has 0 radical (unpaired) electrons. The Balaban J connectivity index is 0.000000921. The molecule has 0 bridgehead atoms. The van der Waals surface area contributed by atoms with E-state index in [1.54, 1.807) is 6.92 Å². The average Bonchev–Trinajstić information content (AvgIpc) is 2.19. The van der Waals surface area contributed by atoms with E-state index in [0.29, 0.717) is 12.0 Å². The van der Waals surface area contributed by atoms with E-state index < -0.39 is 11.7 Å². The molecule has 1 rings (SSSR count). The summed E-state index contributed by atoms with van der Waals surface area (Å²) in [5.74, 6) is -0.294. The van der Waals surface area contributed by atoms with E-state index in [0.717, 1.165) is 12.1 Å². The van der Waals surface area contributed by atoms with Crippen LogP contribution in [-0.2, 0) is 12.6 Å². The van der Waals surface area contributed by atoms with Crippen LogP contribution in [0.3, 0.4) is 0 Å². The van der Waals surface area contributed by atoms with Gasteiger partial charge in [0, 0.05) is 0 Å². The van der Waals surface area contributed by atoms with Crippen molar-refractivity contribution in [3.8, 4) is 5.75 Å². The topological polar surface area (TPSA) is 20.2 Å². The van der Waals surface area contributed by atoms with Gasteiger partial charge in [0.2, 0.25) is 0 Å². The summed E-state index contributed by atoms with van der Waals surface area (Å²) < 4.78 is 36.3. The molecule has 1 N–H and O–H groups in total. The van der Waals surface area contributed by atoms with Crippen LogP contribution in [0, 0.1) is 0 Å². The zero-order chi connectivity index (χ0) is 12.1. The number of alkyl halides is 3. The first-order chi connectivity index (χ1) is 6.95. The largest absolute Gasteiger partial charge is 0.508 e. The first-order valence-corrected chi connectivity index (χ1v) is 4.84. The highest BCUT2D eigenvalue weighted by atomic mass is 19.4. The fourth-order valence-corrected chi connectivity index (χ4v) is 1.04. The first-order valence-electron chi connectivity index (χ1n) is 4.84. The molecule has 0 fully saturated rings. The second kappa shape index (κ2) is 5.63. The van der Waals surface area contributed by atoms with Gasteiger partial charge in [0.15, 0.2) is 0 Å². The summed E-state index contributed by atoms with van der Waals surface area (Å²) in [5.41, 5.74) is -0.296. The maximum atomic E-state index is 12.1. The second-order valence-corrected chi connectivity index (χ2v) is 2.69. The molecule has 0 amide bonds. The van der Waals surface area contributed by atoms with E-state index in [2.05, 4.69) is 0 Å². The molecule has 0 spiro atoms. The summed E-state index contributed by atoms with van der Waals surface area (Å²) >= 11 is 0. The molecular formula is C11H15F3O. The second-order valence-electron chi connectivity index (χ2n) is 2.69. The van der Waals surface area contributed by atoms with Gasteiger partial charge in [0.1, 0.15) is 5.75 Å². The van der Waals surface area contributed by atoms with Gasteiger partial charge in [-0.05, 0) is 24.1 Å². The van der Waals surface area contributed by atoms with Gasteiger partial charge in [0.25, 0.3) is 0 Å². The summed E-state index contributed by atoms with van der Waals surface area (Å²) in [5, 5.41) is 9.15. The summed E-state index contributed by atoms with van der Waals surface area (Å²) in [6.07, 6.45) is -3.87. The molecule has 1 aromatic carbocycles. The lowest BCUT2D eigenvalue weighted by molar-refractivity contribution is -0.137. The molecule has 1 nitrogen and oxygen atoms in total. The smallest absolute Gasteiger partial charge is 0.416 e. The standard InChI is InChI=1S/C9H9F3O.C2H6/c1-2-6-3-4-7(5-8(6)13)9(10,11)12;1-2/h3-5,13H,2H2,1H3;1-2H3. The lowest BCUT2D eigenvalue weighted by Gasteiger charge is -2.08. The highest BCUT2D eigenvalue weighted by Gasteiger charge is 2.30. The van der Waals surface area contributed by atoms with Crippen molar-refractivity contribution in [1.29, 1.82) is 0 Å². The average molecular weight is 220 g/mol. The maximum Gasteiger partial charge on any atom is 0.416 e. The minimum Gasteiger partial charge on any atom is -0.508 e. The van der Waals surface area contributed by atoms with Gasteiger partial charge in [-0.3, -0.25) is 0 Å². The summed E-state index contributed by atoms with van der Waals surface area (Å²) in [6.45, 7) is 5.77. The van der Waals surface area contributed by atoms with E-state index in [1.807, 2.05) is 13.8 Å². The number of benzene rings is 1. The van der Waals surface area contributed by atoms with Gasteiger partial charge in [-0.2, -0.15) is 13.2 Å². The lowest BCUT2D eigenvalue weighted by atomic mass is 10.1. The van der Waals surface area contributed by atoms with Crippen LogP contribution in [0.4, 0.5) is 13.2 Å². The van der Waals surface area contributed by atoms with Crippen LogP contribution in [0.1, 0.15) is 31.9 Å². The SMILES string of the molecule is CC.CCc1ccc(C(F)(F)F)cc1O. The van der Waals surface area contributed by atoms with Crippen LogP contribution in [0.2, 0.25) is 0 Å². The molecule has 86 valence electrons. The van der Waals surface area contributed by atoms with Gasteiger partial charge in [-0.15, -0.1) is 0 Å². The zero-order valence-electron chi connectivity index (χ0n) is 9.02. The summed E-state index contributed by atoms with van der Waals surface area (Å²) in [7, 11) is 0. The molecule has 0 saturated heterocycles. The van der Waals surface area contributed by atoms with E-state index >= 15 is 0 Å². The number of aryl methyl sites for hydroxylation is 1. The third kappa shape index (κ3) is 3.81. The van der Waals surface area contributed by atoms with E-state index in [4.69, 9.17) is 5.11 Å². The Morgan fingerprint density at radius 3 is 2.07 bits per heavy atom. The van der Waals surface area contributed by atoms with Crippen LogP contribution in [0.5, 0.6) is 5.75 Å². The molecule has 0 aliphatic heterocycles. The zero-order valence-corrected chi connectivity index (χ0v) is 9.02. The molecule has 0 saturated carbocycles. The predicted octanol–water partition coefficient (Wildman–Crippen LogP) is 4.00. The van der Waals surface area contributed by atoms with Crippen molar-refractivity contribution in [3.63, 3.8) is 0 Å². The number of hydrogen-bond donors (Lipinski definition) is 1. The Morgan fingerprint density at radius 1 is 1.20 bits per heavy atom. The fraction of sp³-hybridized carbons (Fsp3) is 0.455. The first kappa shape index (κ1) is 13.8. The van der Waals surface area contributed by atoms with Crippen molar-refractivity contribution in [1.82, 2.24) is 0 Å². The number of aromatic hydroxyl groups is 1. The Hall–Kier alpha value is -1.19. The normalized spacial score (nSPS) is 10.5. The van der Waals surface area contributed by atoms with Crippen LogP contribution in [0.15, 0.2) is 18.2 Å². The summed E-state index contributed by atoms with van der Waals surface area (Å²) in [4.78, 5) is 0. The third-order valence-corrected chi connectivity index (χ3v) is 1.79. The lowest BCUT2D eigenvalue weighted by Crippen LogP contribution is -2.04. The predicted molar refractivity (Wildman–Crippen MR) is 53.8 cm³/mol. The Morgan fingerprint density at radius 2 is 1.73 bits per heavy atom. The minimum absolute atomic E-state index is 0.294. The quantitative estimate of drug-likeness (QED) is 0.758. The van der Waals surface area contributed by atoms with Crippen LogP contribution in [0.25, 0.3) is 0 Å². The molecule has 0 unspecified atom stereocenters. The van der Waals surface area contributed by atoms with Crippen molar-refractivity contribution < 1.29 is 18.3 Å². The van der Waals surface area contributed by atoms with Gasteiger partial charge < -0.3 is 5.11 Å². The van der Waals surface area contributed by atoms with E-state index in [9.17, 15) is 13.2 Å². The molecule has 15 heavy (non-hydrogen) atoms. The van der Waals surface area contributed by atoms with Crippen molar-refractivity contribution in [2.24, 2.45) is 0 Å². The van der Waals surface area contributed by atoms with Gasteiger partial charge in [-0.1, -0.05) is 26.8 Å². The van der Waals surface area contributed by atoms with Crippen molar-refractivity contribution in [2.75, 3.05) is 0 Å². The maximum absolute atomic E-state index is 12.1. The Labute approximate surface area is 87.6 Å². The molecule has 1 aromatic rings. The Bertz CT molecular complexity index is 305. The van der Waals surface area contributed by atoms with Crippen LogP contribution in [-0.4, -0.2) is 5.11 Å². The number of hydrogen-bond acceptors (Lipinski definition) is 1. The third-order valence-electron chi connectivity index (χ3n) is 1.79. The van der Waals surface area contributed by atoms with Crippen molar-refractivity contribution in [2.45, 2.75) is 33.4 Å². The molecule has 4 heteroatoms. The summed E-state index contributed by atoms with van der Waals surface area (Å²) in [6, 6.07) is 3.01. The van der Waals surface area contributed by atoms with Gasteiger partial charge in [0.05, 0.1) is 5.56 Å². The number of phenolic OH excluding ortho intramolecular Hbond substituents is 1. The number of rotatable bonds is 1. The number of phenols is 1. The van der Waals surface area contributed by atoms with Gasteiger partial charge in [-0.25, -0.2) is 0 Å². The van der Waals surface area contributed by atoms with Crippen LogP contribution < -0.4 is 0 Å². The highest BCUT2D eigenvalue weighted by molar-refractivity contribution is 5.37. The molecule has 0 heterocycles. The van der Waals surface area contributed by atoms with Crippen molar-refractivity contribution >= 4 is 0 Å². The fourth-order valence-electron chi connectivity index (χ4n) is 1.04. The molecule has 0 aliphatic rings. The van der Waals surface area contributed by atoms with Crippen molar-refractivity contribution in [3.05, 3.63) is 29.3 Å². The van der Waals surface area contributed by atoms with Crippen LogP contribution >= 0.6 is 0 Å². The monoisotopic (exact) mass is 220 g/mol. The molecule has 0 aromatic heterocycles. The number of halogens is 3. The molecule has 0 aliphatic carbocycles. The molecule has 0 atom stereocenters. The minimum atomic E-state index is -4.39. The van der Waals surface area contributed by atoms with E-state index in [1.165, 1.54) is 6.07 Å². The van der Waals surface area contributed by atoms with E-state index in [-0.39, 0.29) is 5.75 Å². The van der Waals surface area contributed by atoms with Gasteiger partial charge >= 0.3 is 6.18 Å².